The third kappa shape index (κ3) is 1.86. The predicted octanol–water partition coefficient (Wildman–Crippen LogP) is 1.77. The molecule has 0 atom stereocenters. The highest BCUT2D eigenvalue weighted by Gasteiger charge is 2.17. The quantitative estimate of drug-likeness (QED) is 0.842. The summed E-state index contributed by atoms with van der Waals surface area (Å²) in [6.07, 6.45) is 4.08. The predicted molar refractivity (Wildman–Crippen MR) is 64.0 cm³/mol. The summed E-state index contributed by atoms with van der Waals surface area (Å²) in [6.45, 7) is 3.28. The fraction of sp³-hybridized carbons (Fsp3) is 0.308. The molecule has 1 fully saturated rings. The normalized spacial score (nSPS) is 16.0. The number of hydrogen-bond acceptors (Lipinski definition) is 2. The van der Waals surface area contributed by atoms with Crippen molar-refractivity contribution in [2.75, 3.05) is 13.1 Å². The Morgan fingerprint density at radius 3 is 2.69 bits per heavy atom. The van der Waals surface area contributed by atoms with Crippen molar-refractivity contribution >= 4 is 0 Å². The van der Waals surface area contributed by atoms with Crippen LogP contribution in [0.5, 0.6) is 0 Å². The van der Waals surface area contributed by atoms with Crippen LogP contribution in [0.4, 0.5) is 0 Å². The average Bonchev–Trinajstić information content (AvgIpc) is 2.73. The highest BCUT2D eigenvalue weighted by atomic mass is 15.3. The molecule has 3 nitrogen and oxygen atoms in total. The lowest BCUT2D eigenvalue weighted by Crippen LogP contribution is -2.44. The van der Waals surface area contributed by atoms with Crippen LogP contribution in [0.1, 0.15) is 0 Å². The van der Waals surface area contributed by atoms with Crippen LogP contribution >= 0.6 is 0 Å². The van der Waals surface area contributed by atoms with Crippen molar-refractivity contribution in [1.29, 1.82) is 0 Å². The number of nitrogens with zero attached hydrogens (tertiary/aromatic N) is 2. The maximum Gasteiger partial charge on any atom is 0.0568 e. The zero-order chi connectivity index (χ0) is 10.8. The van der Waals surface area contributed by atoms with Crippen molar-refractivity contribution in [3.05, 3.63) is 42.7 Å². The van der Waals surface area contributed by atoms with E-state index >= 15 is 0 Å². The molecule has 1 aromatic carbocycles. The molecule has 2 heterocycles. The maximum absolute atomic E-state index is 4.40. The smallest absolute Gasteiger partial charge is 0.0568 e. The second kappa shape index (κ2) is 4.10. The molecule has 82 valence electrons. The zero-order valence-corrected chi connectivity index (χ0v) is 9.13. The average molecular weight is 213 g/mol. The molecular weight excluding hydrogens is 198 g/mol. The summed E-state index contributed by atoms with van der Waals surface area (Å²) < 4.78 is 2.05. The first kappa shape index (κ1) is 9.60. The standard InChI is InChI=1S/C13H15N3/c1-2-4-12(5-3-1)13-8-15-16(10-13)9-11-6-14-7-11/h1-5,8,10-11,14H,6-7,9H2. The number of aromatic nitrogens is 2. The van der Waals surface area contributed by atoms with Crippen LogP contribution in [0.2, 0.25) is 0 Å². The minimum Gasteiger partial charge on any atom is -0.316 e. The first-order valence-corrected chi connectivity index (χ1v) is 5.70. The van der Waals surface area contributed by atoms with Crippen molar-refractivity contribution < 1.29 is 0 Å². The van der Waals surface area contributed by atoms with E-state index in [0.29, 0.717) is 0 Å². The van der Waals surface area contributed by atoms with Gasteiger partial charge in [-0.2, -0.15) is 5.10 Å². The first-order valence-electron chi connectivity index (χ1n) is 5.70. The highest BCUT2D eigenvalue weighted by molar-refractivity contribution is 5.61. The van der Waals surface area contributed by atoms with E-state index in [9.17, 15) is 0 Å². The zero-order valence-electron chi connectivity index (χ0n) is 9.13. The first-order chi connectivity index (χ1) is 7.92. The van der Waals surface area contributed by atoms with Gasteiger partial charge in [-0.15, -0.1) is 0 Å². The third-order valence-electron chi connectivity index (χ3n) is 3.05. The van der Waals surface area contributed by atoms with Crippen LogP contribution in [0.25, 0.3) is 11.1 Å². The molecule has 3 heteroatoms. The molecule has 0 spiro atoms. The summed E-state index contributed by atoms with van der Waals surface area (Å²) in [5.74, 6) is 0.753. The van der Waals surface area contributed by atoms with Gasteiger partial charge in [0.05, 0.1) is 6.20 Å². The molecular formula is C13H15N3. The van der Waals surface area contributed by atoms with Gasteiger partial charge in [-0.3, -0.25) is 4.68 Å². The van der Waals surface area contributed by atoms with Crippen LogP contribution < -0.4 is 5.32 Å². The van der Waals surface area contributed by atoms with Gasteiger partial charge in [-0.05, 0) is 5.56 Å². The van der Waals surface area contributed by atoms with Gasteiger partial charge in [-0.1, -0.05) is 30.3 Å². The van der Waals surface area contributed by atoms with E-state index in [-0.39, 0.29) is 0 Å². The Hall–Kier alpha value is -1.61. The SMILES string of the molecule is c1ccc(-c2cnn(CC3CNC3)c2)cc1. The van der Waals surface area contributed by atoms with E-state index in [2.05, 4.69) is 40.9 Å². The summed E-state index contributed by atoms with van der Waals surface area (Å²) in [6, 6.07) is 10.4. The largest absolute Gasteiger partial charge is 0.316 e. The summed E-state index contributed by atoms with van der Waals surface area (Å²) in [7, 11) is 0. The lowest BCUT2D eigenvalue weighted by atomic mass is 10.0. The third-order valence-corrected chi connectivity index (χ3v) is 3.05. The summed E-state index contributed by atoms with van der Waals surface area (Å²) in [5, 5.41) is 7.68. The Morgan fingerprint density at radius 1 is 1.19 bits per heavy atom. The van der Waals surface area contributed by atoms with Gasteiger partial charge < -0.3 is 5.32 Å². The Labute approximate surface area is 95.1 Å². The molecule has 2 aromatic rings. The molecule has 0 unspecified atom stereocenters. The number of hydrogen-bond donors (Lipinski definition) is 1. The van der Waals surface area contributed by atoms with Gasteiger partial charge in [0.2, 0.25) is 0 Å². The van der Waals surface area contributed by atoms with E-state index in [1.54, 1.807) is 0 Å². The Kier molecular flexibility index (Phi) is 2.46. The van der Waals surface area contributed by atoms with Crippen molar-refractivity contribution in [3.63, 3.8) is 0 Å². The summed E-state index contributed by atoms with van der Waals surface area (Å²) in [5.41, 5.74) is 2.44. The molecule has 0 saturated carbocycles. The molecule has 0 radical (unpaired) electrons. The van der Waals surface area contributed by atoms with Crippen LogP contribution in [-0.4, -0.2) is 22.9 Å². The Balaban J connectivity index is 1.77. The van der Waals surface area contributed by atoms with Crippen LogP contribution in [-0.2, 0) is 6.54 Å². The van der Waals surface area contributed by atoms with Crippen molar-refractivity contribution in [2.24, 2.45) is 5.92 Å². The number of rotatable bonds is 3. The highest BCUT2D eigenvalue weighted by Crippen LogP contribution is 2.18. The lowest BCUT2D eigenvalue weighted by Gasteiger charge is -2.26. The van der Waals surface area contributed by atoms with E-state index in [1.165, 1.54) is 11.1 Å². The number of benzene rings is 1. The minimum atomic E-state index is 0.753. The Morgan fingerprint density at radius 2 is 2.00 bits per heavy atom. The van der Waals surface area contributed by atoms with Gasteiger partial charge >= 0.3 is 0 Å². The van der Waals surface area contributed by atoms with Crippen LogP contribution in [0.15, 0.2) is 42.7 Å². The van der Waals surface area contributed by atoms with Crippen molar-refractivity contribution in [3.8, 4) is 11.1 Å². The molecule has 1 N–H and O–H groups in total. The molecule has 1 aliphatic rings. The summed E-state index contributed by atoms with van der Waals surface area (Å²) in [4.78, 5) is 0. The van der Waals surface area contributed by atoms with Crippen LogP contribution in [0.3, 0.4) is 0 Å². The molecule has 0 aliphatic carbocycles. The second-order valence-electron chi connectivity index (χ2n) is 4.34. The monoisotopic (exact) mass is 213 g/mol. The van der Waals surface area contributed by atoms with Crippen LogP contribution in [0, 0.1) is 5.92 Å². The maximum atomic E-state index is 4.40. The summed E-state index contributed by atoms with van der Waals surface area (Å²) >= 11 is 0. The molecule has 16 heavy (non-hydrogen) atoms. The van der Waals surface area contributed by atoms with E-state index in [4.69, 9.17) is 0 Å². The van der Waals surface area contributed by atoms with Gasteiger partial charge in [0, 0.05) is 37.3 Å². The molecule has 1 aromatic heterocycles. The van der Waals surface area contributed by atoms with E-state index < -0.39 is 0 Å². The van der Waals surface area contributed by atoms with Crippen molar-refractivity contribution in [1.82, 2.24) is 15.1 Å². The van der Waals surface area contributed by atoms with E-state index in [0.717, 1.165) is 25.6 Å². The lowest BCUT2D eigenvalue weighted by molar-refractivity contribution is 0.295. The van der Waals surface area contributed by atoms with Gasteiger partial charge in [0.15, 0.2) is 0 Å². The van der Waals surface area contributed by atoms with Gasteiger partial charge in [0.25, 0.3) is 0 Å². The topological polar surface area (TPSA) is 29.9 Å². The fourth-order valence-corrected chi connectivity index (χ4v) is 1.99. The van der Waals surface area contributed by atoms with Crippen molar-refractivity contribution in [2.45, 2.75) is 6.54 Å². The van der Waals surface area contributed by atoms with E-state index in [1.807, 2.05) is 16.9 Å². The second-order valence-corrected chi connectivity index (χ2v) is 4.34. The van der Waals surface area contributed by atoms with Gasteiger partial charge in [-0.25, -0.2) is 0 Å². The molecule has 1 aliphatic heterocycles. The fourth-order valence-electron chi connectivity index (χ4n) is 1.99. The molecule has 3 rings (SSSR count). The number of nitrogens with one attached hydrogen (secondary N) is 1. The molecule has 0 amide bonds. The molecule has 1 saturated heterocycles. The van der Waals surface area contributed by atoms with Gasteiger partial charge in [0.1, 0.15) is 0 Å². The minimum absolute atomic E-state index is 0.753. The molecule has 0 bridgehead atoms. The Bertz CT molecular complexity index is 457.